The van der Waals surface area contributed by atoms with Crippen LogP contribution < -0.4 is 10.6 Å². The molecule has 1 aromatic rings. The molecule has 0 heterocycles. The third kappa shape index (κ3) is 12.5. The van der Waals surface area contributed by atoms with Crippen LogP contribution in [0.15, 0.2) is 29.3 Å². The molecule has 0 amide bonds. The first-order chi connectivity index (χ1) is 13.2. The molecule has 162 valence electrons. The first kappa shape index (κ1) is 27.1. The van der Waals surface area contributed by atoms with Crippen LogP contribution in [0.2, 0.25) is 0 Å². The second-order valence-electron chi connectivity index (χ2n) is 6.36. The summed E-state index contributed by atoms with van der Waals surface area (Å²) in [5.74, 6) is 0.850. The van der Waals surface area contributed by atoms with E-state index in [0.29, 0.717) is 19.8 Å². The van der Waals surface area contributed by atoms with E-state index in [1.165, 1.54) is 11.1 Å². The third-order valence-corrected chi connectivity index (χ3v) is 4.25. The first-order valence-corrected chi connectivity index (χ1v) is 10.1. The average Bonchev–Trinajstić information content (AvgIpc) is 2.69. The maximum absolute atomic E-state index is 5.48. The van der Waals surface area contributed by atoms with E-state index in [-0.39, 0.29) is 24.0 Å². The van der Waals surface area contributed by atoms with Crippen LogP contribution in [0.5, 0.6) is 0 Å². The van der Waals surface area contributed by atoms with Gasteiger partial charge in [0.2, 0.25) is 0 Å². The van der Waals surface area contributed by atoms with E-state index >= 15 is 0 Å². The molecular weight excluding hydrogens is 467 g/mol. The quantitative estimate of drug-likeness (QED) is 0.176. The number of hydrogen-bond acceptors (Lipinski definition) is 4. The fourth-order valence-corrected chi connectivity index (χ4v) is 2.67. The second kappa shape index (κ2) is 18.1. The molecule has 28 heavy (non-hydrogen) atoms. The minimum absolute atomic E-state index is 0. The van der Waals surface area contributed by atoms with Crippen molar-refractivity contribution in [3.63, 3.8) is 0 Å². The lowest BCUT2D eigenvalue weighted by Crippen LogP contribution is -2.38. The van der Waals surface area contributed by atoms with Gasteiger partial charge in [-0.1, -0.05) is 38.1 Å². The number of guanidine groups is 1. The standard InChI is InChI=1S/C21H38N4O2.HI/c1-5-22-21(23-12-9-13-27-15-14-26-4)24-17-19-10-8-11-20(16-19)18-25(6-2)7-3;/h8,10-11,16H,5-7,9,12-15,17-18H2,1-4H3,(H2,22,23,24);1H. The first-order valence-electron chi connectivity index (χ1n) is 10.1. The number of rotatable bonds is 14. The van der Waals surface area contributed by atoms with Crippen LogP contribution in [-0.4, -0.2) is 64.0 Å². The highest BCUT2D eigenvalue weighted by Crippen LogP contribution is 2.09. The number of nitrogens with one attached hydrogen (secondary N) is 2. The molecule has 0 aliphatic rings. The highest BCUT2D eigenvalue weighted by Gasteiger charge is 2.03. The number of methoxy groups -OCH3 is 1. The van der Waals surface area contributed by atoms with Crippen molar-refractivity contribution in [2.45, 2.75) is 40.3 Å². The van der Waals surface area contributed by atoms with E-state index in [2.05, 4.69) is 60.6 Å². The lowest BCUT2D eigenvalue weighted by molar-refractivity contribution is 0.0698. The van der Waals surface area contributed by atoms with E-state index in [1.807, 2.05) is 0 Å². The van der Waals surface area contributed by atoms with Crippen molar-refractivity contribution in [2.75, 3.05) is 53.1 Å². The summed E-state index contributed by atoms with van der Waals surface area (Å²) in [7, 11) is 1.68. The van der Waals surface area contributed by atoms with Gasteiger partial charge in [-0.15, -0.1) is 24.0 Å². The van der Waals surface area contributed by atoms with Gasteiger partial charge in [-0.05, 0) is 37.6 Å². The zero-order valence-electron chi connectivity index (χ0n) is 18.0. The van der Waals surface area contributed by atoms with Gasteiger partial charge in [0.15, 0.2) is 5.96 Å². The summed E-state index contributed by atoms with van der Waals surface area (Å²) in [5.41, 5.74) is 2.58. The molecule has 0 spiro atoms. The maximum atomic E-state index is 5.48. The van der Waals surface area contributed by atoms with E-state index in [1.54, 1.807) is 7.11 Å². The van der Waals surface area contributed by atoms with Crippen LogP contribution in [0.25, 0.3) is 0 Å². The molecular formula is C21H39IN4O2. The van der Waals surface area contributed by atoms with E-state index in [9.17, 15) is 0 Å². The number of aliphatic imine (C=N–C) groups is 1. The Morgan fingerprint density at radius 1 is 1.04 bits per heavy atom. The van der Waals surface area contributed by atoms with Crippen LogP contribution in [0, 0.1) is 0 Å². The molecule has 0 bridgehead atoms. The molecule has 1 aromatic carbocycles. The van der Waals surface area contributed by atoms with E-state index in [0.717, 1.165) is 51.7 Å². The minimum Gasteiger partial charge on any atom is -0.382 e. The van der Waals surface area contributed by atoms with Crippen molar-refractivity contribution in [1.82, 2.24) is 15.5 Å². The minimum atomic E-state index is 0. The van der Waals surface area contributed by atoms with Crippen LogP contribution in [0.1, 0.15) is 38.3 Å². The Bertz CT molecular complexity index is 525. The number of benzene rings is 1. The molecule has 0 aliphatic heterocycles. The molecule has 0 saturated heterocycles. The fraction of sp³-hybridized carbons (Fsp3) is 0.667. The fourth-order valence-electron chi connectivity index (χ4n) is 2.67. The molecule has 0 atom stereocenters. The van der Waals surface area contributed by atoms with Crippen LogP contribution in [0.4, 0.5) is 0 Å². The molecule has 1 rings (SSSR count). The van der Waals surface area contributed by atoms with Crippen molar-refractivity contribution in [3.8, 4) is 0 Å². The Kier molecular flexibility index (Phi) is 17.6. The molecule has 0 fully saturated rings. The molecule has 0 unspecified atom stereocenters. The summed E-state index contributed by atoms with van der Waals surface area (Å²) in [6.07, 6.45) is 0.938. The van der Waals surface area contributed by atoms with Crippen LogP contribution in [0.3, 0.4) is 0 Å². The van der Waals surface area contributed by atoms with E-state index < -0.39 is 0 Å². The topological polar surface area (TPSA) is 58.1 Å². The smallest absolute Gasteiger partial charge is 0.191 e. The lowest BCUT2D eigenvalue weighted by Gasteiger charge is -2.18. The third-order valence-electron chi connectivity index (χ3n) is 4.25. The number of halogens is 1. The summed E-state index contributed by atoms with van der Waals surface area (Å²) in [6.45, 7) is 14.0. The van der Waals surface area contributed by atoms with Crippen molar-refractivity contribution in [2.24, 2.45) is 4.99 Å². The highest BCUT2D eigenvalue weighted by atomic mass is 127. The van der Waals surface area contributed by atoms with Gasteiger partial charge in [0, 0.05) is 33.4 Å². The Labute approximate surface area is 188 Å². The largest absolute Gasteiger partial charge is 0.382 e. The average molecular weight is 506 g/mol. The summed E-state index contributed by atoms with van der Waals surface area (Å²) in [5, 5.41) is 6.67. The number of nitrogens with zero attached hydrogens (tertiary/aromatic N) is 2. The Balaban J connectivity index is 0.00000729. The molecule has 2 N–H and O–H groups in total. The van der Waals surface area contributed by atoms with Gasteiger partial charge >= 0.3 is 0 Å². The van der Waals surface area contributed by atoms with Crippen LogP contribution >= 0.6 is 24.0 Å². The Morgan fingerprint density at radius 3 is 2.46 bits per heavy atom. The van der Waals surface area contributed by atoms with Crippen molar-refractivity contribution in [1.29, 1.82) is 0 Å². The summed E-state index contributed by atoms with van der Waals surface area (Å²) in [6, 6.07) is 8.72. The van der Waals surface area contributed by atoms with Crippen molar-refractivity contribution < 1.29 is 9.47 Å². The van der Waals surface area contributed by atoms with Crippen LogP contribution in [-0.2, 0) is 22.6 Å². The van der Waals surface area contributed by atoms with Gasteiger partial charge in [-0.2, -0.15) is 0 Å². The van der Waals surface area contributed by atoms with Gasteiger partial charge in [0.05, 0.1) is 19.8 Å². The summed E-state index contributed by atoms with van der Waals surface area (Å²) < 4.78 is 10.4. The molecule has 0 aromatic heterocycles. The zero-order chi connectivity index (χ0) is 19.7. The number of hydrogen-bond donors (Lipinski definition) is 2. The van der Waals surface area contributed by atoms with Crippen molar-refractivity contribution in [3.05, 3.63) is 35.4 Å². The van der Waals surface area contributed by atoms with Gasteiger partial charge in [-0.3, -0.25) is 4.90 Å². The van der Waals surface area contributed by atoms with E-state index in [4.69, 9.17) is 14.5 Å². The number of ether oxygens (including phenoxy) is 2. The second-order valence-corrected chi connectivity index (χ2v) is 6.36. The molecule has 0 saturated carbocycles. The molecule has 7 heteroatoms. The van der Waals surface area contributed by atoms with Gasteiger partial charge in [0.1, 0.15) is 0 Å². The normalized spacial score (nSPS) is 11.4. The van der Waals surface area contributed by atoms with Gasteiger partial charge < -0.3 is 20.1 Å². The molecule has 6 nitrogen and oxygen atoms in total. The van der Waals surface area contributed by atoms with Gasteiger partial charge in [0.25, 0.3) is 0 Å². The maximum Gasteiger partial charge on any atom is 0.191 e. The Morgan fingerprint density at radius 2 is 1.79 bits per heavy atom. The lowest BCUT2D eigenvalue weighted by atomic mass is 10.1. The van der Waals surface area contributed by atoms with Crippen molar-refractivity contribution >= 4 is 29.9 Å². The predicted molar refractivity (Wildman–Crippen MR) is 129 cm³/mol. The Hall–Kier alpha value is -0.900. The van der Waals surface area contributed by atoms with Gasteiger partial charge in [-0.25, -0.2) is 4.99 Å². The predicted octanol–water partition coefficient (Wildman–Crippen LogP) is 3.25. The molecule has 0 radical (unpaired) electrons. The summed E-state index contributed by atoms with van der Waals surface area (Å²) >= 11 is 0. The summed E-state index contributed by atoms with van der Waals surface area (Å²) in [4.78, 5) is 7.13. The molecule has 0 aliphatic carbocycles. The monoisotopic (exact) mass is 506 g/mol. The zero-order valence-corrected chi connectivity index (χ0v) is 20.3. The SMILES string of the molecule is CCNC(=NCc1cccc(CN(CC)CC)c1)NCCCOCCOC.I. The highest BCUT2D eigenvalue weighted by molar-refractivity contribution is 14.0.